The highest BCUT2D eigenvalue weighted by Gasteiger charge is 2.07. The summed E-state index contributed by atoms with van der Waals surface area (Å²) in [5.41, 5.74) is 1.24. The summed E-state index contributed by atoms with van der Waals surface area (Å²) in [6.45, 7) is 5.17. The van der Waals surface area contributed by atoms with Crippen molar-refractivity contribution in [2.24, 2.45) is 0 Å². The molecule has 0 aromatic heterocycles. The Morgan fingerprint density at radius 2 is 2.06 bits per heavy atom. The molecular weight excluding hydrogens is 222 g/mol. The Hall–Kier alpha value is -0.730. The van der Waals surface area contributed by atoms with Gasteiger partial charge >= 0.3 is 0 Å². The van der Waals surface area contributed by atoms with Crippen molar-refractivity contribution in [1.82, 2.24) is 4.90 Å². The van der Waals surface area contributed by atoms with Crippen molar-refractivity contribution in [2.45, 2.75) is 19.9 Å². The zero-order valence-electron chi connectivity index (χ0n) is 10.1. The zero-order chi connectivity index (χ0) is 11.8. The highest BCUT2D eigenvalue weighted by atomic mass is 35.5. The topological polar surface area (TPSA) is 12.5 Å². The molecule has 3 heteroatoms. The van der Waals surface area contributed by atoms with Gasteiger partial charge in [-0.3, -0.25) is 4.90 Å². The second kappa shape index (κ2) is 7.53. The number of methoxy groups -OCH3 is 1. The molecule has 0 spiro atoms. The maximum absolute atomic E-state index is 5.71. The van der Waals surface area contributed by atoms with E-state index in [2.05, 4.69) is 17.9 Å². The Morgan fingerprint density at radius 1 is 1.31 bits per heavy atom. The summed E-state index contributed by atoms with van der Waals surface area (Å²) < 4.78 is 5.34. The van der Waals surface area contributed by atoms with Gasteiger partial charge in [0.05, 0.1) is 7.11 Å². The summed E-state index contributed by atoms with van der Waals surface area (Å²) >= 11 is 5.71. The summed E-state index contributed by atoms with van der Waals surface area (Å²) in [5, 5.41) is 0. The SMILES string of the molecule is CCN(CCCCl)Cc1ccccc1OC. The van der Waals surface area contributed by atoms with E-state index in [1.807, 2.05) is 18.2 Å². The third-order valence-electron chi connectivity index (χ3n) is 2.64. The highest BCUT2D eigenvalue weighted by molar-refractivity contribution is 6.17. The molecule has 0 heterocycles. The Kier molecular flexibility index (Phi) is 6.27. The second-order valence-electron chi connectivity index (χ2n) is 3.72. The summed E-state index contributed by atoms with van der Waals surface area (Å²) in [4.78, 5) is 2.38. The molecule has 1 aromatic carbocycles. The van der Waals surface area contributed by atoms with E-state index in [9.17, 15) is 0 Å². The van der Waals surface area contributed by atoms with Crippen molar-refractivity contribution >= 4 is 11.6 Å². The van der Waals surface area contributed by atoms with Gasteiger partial charge in [-0.2, -0.15) is 0 Å². The Morgan fingerprint density at radius 3 is 2.69 bits per heavy atom. The van der Waals surface area contributed by atoms with E-state index in [1.54, 1.807) is 7.11 Å². The minimum atomic E-state index is 0.725. The van der Waals surface area contributed by atoms with Gasteiger partial charge in [0.15, 0.2) is 0 Å². The van der Waals surface area contributed by atoms with Crippen LogP contribution in [0.4, 0.5) is 0 Å². The lowest BCUT2D eigenvalue weighted by Gasteiger charge is -2.21. The van der Waals surface area contributed by atoms with Gasteiger partial charge in [0.25, 0.3) is 0 Å². The molecule has 0 aliphatic carbocycles. The van der Waals surface area contributed by atoms with Crippen LogP contribution in [0.25, 0.3) is 0 Å². The van der Waals surface area contributed by atoms with Crippen molar-refractivity contribution < 1.29 is 4.74 Å². The Labute approximate surface area is 103 Å². The molecule has 2 nitrogen and oxygen atoms in total. The number of alkyl halides is 1. The minimum absolute atomic E-state index is 0.725. The van der Waals surface area contributed by atoms with Crippen LogP contribution in [-0.4, -0.2) is 31.0 Å². The van der Waals surface area contributed by atoms with Crippen LogP contribution in [-0.2, 0) is 6.54 Å². The summed E-state index contributed by atoms with van der Waals surface area (Å²) in [7, 11) is 1.72. The lowest BCUT2D eigenvalue weighted by atomic mass is 10.2. The molecule has 16 heavy (non-hydrogen) atoms. The molecule has 1 aromatic rings. The van der Waals surface area contributed by atoms with Crippen LogP contribution in [0.5, 0.6) is 5.75 Å². The van der Waals surface area contributed by atoms with Crippen molar-refractivity contribution in [3.63, 3.8) is 0 Å². The number of ether oxygens (including phenoxy) is 1. The second-order valence-corrected chi connectivity index (χ2v) is 4.10. The molecular formula is C13H20ClNO. The maximum Gasteiger partial charge on any atom is 0.123 e. The average molecular weight is 242 g/mol. The third kappa shape index (κ3) is 4.03. The molecule has 1 rings (SSSR count). The summed E-state index contributed by atoms with van der Waals surface area (Å²) in [6.07, 6.45) is 1.03. The van der Waals surface area contributed by atoms with E-state index in [-0.39, 0.29) is 0 Å². The quantitative estimate of drug-likeness (QED) is 0.680. The van der Waals surface area contributed by atoms with Gasteiger partial charge in [0.2, 0.25) is 0 Å². The Bertz CT molecular complexity index is 304. The normalized spacial score (nSPS) is 10.8. The first-order chi connectivity index (χ1) is 7.81. The molecule has 0 aliphatic heterocycles. The van der Waals surface area contributed by atoms with Gasteiger partial charge in [0.1, 0.15) is 5.75 Å². The number of rotatable bonds is 7. The molecule has 90 valence electrons. The van der Waals surface area contributed by atoms with Crippen molar-refractivity contribution in [1.29, 1.82) is 0 Å². The standard InChI is InChI=1S/C13H20ClNO/c1-3-15(10-6-9-14)11-12-7-4-5-8-13(12)16-2/h4-5,7-8H,3,6,9-11H2,1-2H3. The summed E-state index contributed by atoms with van der Waals surface area (Å²) in [6, 6.07) is 8.16. The predicted octanol–water partition coefficient (Wildman–Crippen LogP) is 3.15. The molecule has 0 fully saturated rings. The number of benzene rings is 1. The molecule has 0 atom stereocenters. The Balaban J connectivity index is 2.62. The fourth-order valence-electron chi connectivity index (χ4n) is 1.71. The van der Waals surface area contributed by atoms with E-state index in [0.717, 1.165) is 37.7 Å². The molecule has 0 N–H and O–H groups in total. The number of hydrogen-bond acceptors (Lipinski definition) is 2. The van der Waals surface area contributed by atoms with E-state index < -0.39 is 0 Å². The van der Waals surface area contributed by atoms with Gasteiger partial charge in [-0.1, -0.05) is 25.1 Å². The van der Waals surface area contributed by atoms with Crippen LogP contribution in [0.15, 0.2) is 24.3 Å². The molecule has 0 radical (unpaired) electrons. The molecule has 0 bridgehead atoms. The highest BCUT2D eigenvalue weighted by Crippen LogP contribution is 2.19. The first kappa shape index (κ1) is 13.3. The first-order valence-corrected chi connectivity index (χ1v) is 6.25. The lowest BCUT2D eigenvalue weighted by molar-refractivity contribution is 0.275. The monoisotopic (exact) mass is 241 g/mol. The van der Waals surface area contributed by atoms with E-state index >= 15 is 0 Å². The van der Waals surface area contributed by atoms with Crippen LogP contribution in [0.3, 0.4) is 0 Å². The van der Waals surface area contributed by atoms with Gasteiger partial charge in [-0.15, -0.1) is 11.6 Å². The molecule has 0 unspecified atom stereocenters. The number of para-hydroxylation sites is 1. The number of halogens is 1. The van der Waals surface area contributed by atoms with Crippen LogP contribution in [0, 0.1) is 0 Å². The van der Waals surface area contributed by atoms with E-state index in [4.69, 9.17) is 16.3 Å². The van der Waals surface area contributed by atoms with Crippen molar-refractivity contribution in [2.75, 3.05) is 26.1 Å². The van der Waals surface area contributed by atoms with Crippen LogP contribution < -0.4 is 4.74 Å². The zero-order valence-corrected chi connectivity index (χ0v) is 10.8. The van der Waals surface area contributed by atoms with Crippen LogP contribution >= 0.6 is 11.6 Å². The molecule has 0 saturated carbocycles. The van der Waals surface area contributed by atoms with Gasteiger partial charge < -0.3 is 4.74 Å². The first-order valence-electron chi connectivity index (χ1n) is 5.72. The number of hydrogen-bond donors (Lipinski definition) is 0. The largest absolute Gasteiger partial charge is 0.496 e. The summed E-state index contributed by atoms with van der Waals surface area (Å²) in [5.74, 6) is 1.69. The van der Waals surface area contributed by atoms with Gasteiger partial charge in [-0.05, 0) is 25.6 Å². The lowest BCUT2D eigenvalue weighted by Crippen LogP contribution is -2.24. The third-order valence-corrected chi connectivity index (χ3v) is 2.91. The van der Waals surface area contributed by atoms with Crippen LogP contribution in [0.1, 0.15) is 18.9 Å². The van der Waals surface area contributed by atoms with Crippen LogP contribution in [0.2, 0.25) is 0 Å². The van der Waals surface area contributed by atoms with Gasteiger partial charge in [-0.25, -0.2) is 0 Å². The number of nitrogens with zero attached hydrogens (tertiary/aromatic N) is 1. The fraction of sp³-hybridized carbons (Fsp3) is 0.538. The maximum atomic E-state index is 5.71. The average Bonchev–Trinajstić information content (AvgIpc) is 2.34. The fourth-order valence-corrected chi connectivity index (χ4v) is 1.83. The molecule has 0 amide bonds. The van der Waals surface area contributed by atoms with Gasteiger partial charge in [0, 0.05) is 18.0 Å². The minimum Gasteiger partial charge on any atom is -0.496 e. The smallest absolute Gasteiger partial charge is 0.123 e. The van der Waals surface area contributed by atoms with E-state index in [0.29, 0.717) is 0 Å². The molecule has 0 saturated heterocycles. The van der Waals surface area contributed by atoms with Crippen molar-refractivity contribution in [3.8, 4) is 5.75 Å². The van der Waals surface area contributed by atoms with Crippen molar-refractivity contribution in [3.05, 3.63) is 29.8 Å². The van der Waals surface area contributed by atoms with E-state index in [1.165, 1.54) is 5.56 Å². The predicted molar refractivity (Wildman–Crippen MR) is 69.3 cm³/mol. The molecule has 0 aliphatic rings.